The molecule has 0 aliphatic heterocycles. The third-order valence-electron chi connectivity index (χ3n) is 2.98. The van der Waals surface area contributed by atoms with E-state index in [1.54, 1.807) is 0 Å². The number of aryl methyl sites for hydroxylation is 1. The summed E-state index contributed by atoms with van der Waals surface area (Å²) in [5.41, 5.74) is 1.79. The van der Waals surface area contributed by atoms with Gasteiger partial charge in [0.15, 0.2) is 0 Å². The van der Waals surface area contributed by atoms with Crippen molar-refractivity contribution in [2.45, 2.75) is 26.2 Å². The van der Waals surface area contributed by atoms with Gasteiger partial charge in [-0.2, -0.15) is 0 Å². The molecular weight excluding hydrogens is 266 g/mol. The van der Waals surface area contributed by atoms with Crippen LogP contribution in [0.25, 0.3) is 0 Å². The van der Waals surface area contributed by atoms with Crippen LogP contribution in [-0.4, -0.2) is 12.5 Å². The lowest BCUT2D eigenvalue weighted by atomic mass is 10.1. The summed E-state index contributed by atoms with van der Waals surface area (Å²) in [6.07, 6.45) is 3.80. The van der Waals surface area contributed by atoms with E-state index in [1.165, 1.54) is 12.8 Å². The van der Waals surface area contributed by atoms with Crippen LogP contribution in [0.1, 0.15) is 35.2 Å². The smallest absolute Gasteiger partial charge is 0.251 e. The van der Waals surface area contributed by atoms with Crippen molar-refractivity contribution in [2.75, 3.05) is 6.54 Å². The second-order valence-electron chi connectivity index (χ2n) is 4.45. The summed E-state index contributed by atoms with van der Waals surface area (Å²) in [6, 6.07) is 5.79. The summed E-state index contributed by atoms with van der Waals surface area (Å²) in [4.78, 5) is 11.9. The van der Waals surface area contributed by atoms with Crippen LogP contribution < -0.4 is 5.32 Å². The second kappa shape index (κ2) is 5.00. The number of halogens is 1. The van der Waals surface area contributed by atoms with Gasteiger partial charge in [-0.25, -0.2) is 0 Å². The number of rotatable bonds is 4. The van der Waals surface area contributed by atoms with Crippen LogP contribution in [-0.2, 0) is 0 Å². The molecule has 0 radical (unpaired) electrons. The molecule has 1 fully saturated rings. The normalized spacial score (nSPS) is 14.9. The first-order chi connectivity index (χ1) is 7.66. The van der Waals surface area contributed by atoms with Crippen LogP contribution in [0.5, 0.6) is 0 Å². The highest BCUT2D eigenvalue weighted by molar-refractivity contribution is 9.10. The highest BCUT2D eigenvalue weighted by Crippen LogP contribution is 2.31. The Morgan fingerprint density at radius 3 is 2.94 bits per heavy atom. The second-order valence-corrected chi connectivity index (χ2v) is 5.36. The van der Waals surface area contributed by atoms with Gasteiger partial charge in [-0.15, -0.1) is 0 Å². The predicted molar refractivity (Wildman–Crippen MR) is 68.6 cm³/mol. The average molecular weight is 282 g/mol. The number of carbonyl (C=O) groups is 1. The van der Waals surface area contributed by atoms with Gasteiger partial charge < -0.3 is 5.32 Å². The Labute approximate surface area is 105 Å². The third kappa shape index (κ3) is 3.08. The highest BCUT2D eigenvalue weighted by atomic mass is 79.9. The molecule has 1 aromatic carbocycles. The fraction of sp³-hybridized carbons (Fsp3) is 0.462. The lowest BCUT2D eigenvalue weighted by Gasteiger charge is -2.07. The molecule has 0 spiro atoms. The zero-order valence-corrected chi connectivity index (χ0v) is 11.0. The fourth-order valence-electron chi connectivity index (χ4n) is 1.73. The fourth-order valence-corrected chi connectivity index (χ4v) is 2.09. The van der Waals surface area contributed by atoms with E-state index >= 15 is 0 Å². The lowest BCUT2D eigenvalue weighted by molar-refractivity contribution is 0.0952. The van der Waals surface area contributed by atoms with Crippen molar-refractivity contribution in [3.05, 3.63) is 33.8 Å². The molecule has 0 bridgehead atoms. The maximum absolute atomic E-state index is 11.9. The van der Waals surface area contributed by atoms with Gasteiger partial charge >= 0.3 is 0 Å². The number of amides is 1. The first kappa shape index (κ1) is 11.6. The van der Waals surface area contributed by atoms with Crippen molar-refractivity contribution in [3.63, 3.8) is 0 Å². The Kier molecular flexibility index (Phi) is 3.64. The molecule has 1 aromatic rings. The SMILES string of the molecule is Cc1ccc(Br)cc1C(=O)NCCC1CC1. The summed E-state index contributed by atoms with van der Waals surface area (Å²) < 4.78 is 0.949. The molecular formula is C13H16BrNO. The highest BCUT2D eigenvalue weighted by Gasteiger charge is 2.20. The summed E-state index contributed by atoms with van der Waals surface area (Å²) in [6.45, 7) is 2.76. The van der Waals surface area contributed by atoms with Gasteiger partial charge in [0, 0.05) is 16.6 Å². The van der Waals surface area contributed by atoms with Crippen molar-refractivity contribution in [1.82, 2.24) is 5.32 Å². The monoisotopic (exact) mass is 281 g/mol. The molecule has 16 heavy (non-hydrogen) atoms. The maximum Gasteiger partial charge on any atom is 0.251 e. The van der Waals surface area contributed by atoms with E-state index in [2.05, 4.69) is 21.2 Å². The van der Waals surface area contributed by atoms with Gasteiger partial charge in [-0.05, 0) is 37.0 Å². The van der Waals surface area contributed by atoms with Crippen molar-refractivity contribution < 1.29 is 4.79 Å². The first-order valence-corrected chi connectivity index (χ1v) is 6.50. The van der Waals surface area contributed by atoms with Crippen molar-refractivity contribution in [3.8, 4) is 0 Å². The Balaban J connectivity index is 1.93. The van der Waals surface area contributed by atoms with Crippen LogP contribution in [0.2, 0.25) is 0 Å². The standard InChI is InChI=1S/C13H16BrNO/c1-9-2-5-11(14)8-12(9)13(16)15-7-6-10-3-4-10/h2,5,8,10H,3-4,6-7H2,1H3,(H,15,16). The molecule has 2 nitrogen and oxygen atoms in total. The summed E-state index contributed by atoms with van der Waals surface area (Å²) in [7, 11) is 0. The molecule has 1 aliphatic carbocycles. The van der Waals surface area contributed by atoms with E-state index in [9.17, 15) is 4.79 Å². The number of benzene rings is 1. The number of carbonyl (C=O) groups excluding carboxylic acids is 1. The van der Waals surface area contributed by atoms with E-state index in [1.807, 2.05) is 25.1 Å². The number of hydrogen-bond donors (Lipinski definition) is 1. The Morgan fingerprint density at radius 2 is 2.25 bits per heavy atom. The minimum absolute atomic E-state index is 0.0412. The van der Waals surface area contributed by atoms with E-state index in [4.69, 9.17) is 0 Å². The molecule has 2 rings (SSSR count). The van der Waals surface area contributed by atoms with Crippen LogP contribution >= 0.6 is 15.9 Å². The maximum atomic E-state index is 11.9. The van der Waals surface area contributed by atoms with E-state index < -0.39 is 0 Å². The third-order valence-corrected chi connectivity index (χ3v) is 3.47. The Morgan fingerprint density at radius 1 is 1.50 bits per heavy atom. The summed E-state index contributed by atoms with van der Waals surface area (Å²) in [5.74, 6) is 0.906. The minimum Gasteiger partial charge on any atom is -0.352 e. The van der Waals surface area contributed by atoms with E-state index in [0.29, 0.717) is 0 Å². The summed E-state index contributed by atoms with van der Waals surface area (Å²) in [5, 5.41) is 2.98. The van der Waals surface area contributed by atoms with Gasteiger partial charge in [-0.3, -0.25) is 4.79 Å². The molecule has 0 heterocycles. The largest absolute Gasteiger partial charge is 0.352 e. The topological polar surface area (TPSA) is 29.1 Å². The molecule has 1 aliphatic rings. The molecule has 0 aromatic heterocycles. The van der Waals surface area contributed by atoms with Crippen LogP contribution in [0.3, 0.4) is 0 Å². The van der Waals surface area contributed by atoms with Gasteiger partial charge in [0.1, 0.15) is 0 Å². The molecule has 1 saturated carbocycles. The van der Waals surface area contributed by atoms with E-state index in [-0.39, 0.29) is 5.91 Å². The number of hydrogen-bond acceptors (Lipinski definition) is 1. The van der Waals surface area contributed by atoms with Crippen LogP contribution in [0.4, 0.5) is 0 Å². The summed E-state index contributed by atoms with van der Waals surface area (Å²) >= 11 is 3.39. The molecule has 3 heteroatoms. The quantitative estimate of drug-likeness (QED) is 0.902. The van der Waals surface area contributed by atoms with E-state index in [0.717, 1.165) is 34.5 Å². The van der Waals surface area contributed by atoms with Crippen molar-refractivity contribution in [2.24, 2.45) is 5.92 Å². The first-order valence-electron chi connectivity index (χ1n) is 5.71. The molecule has 0 saturated heterocycles. The van der Waals surface area contributed by atoms with Gasteiger partial charge in [0.05, 0.1) is 0 Å². The van der Waals surface area contributed by atoms with Gasteiger partial charge in [0.2, 0.25) is 0 Å². The Hall–Kier alpha value is -0.830. The Bertz CT molecular complexity index is 399. The average Bonchev–Trinajstić information content (AvgIpc) is 3.05. The van der Waals surface area contributed by atoms with Crippen molar-refractivity contribution in [1.29, 1.82) is 0 Å². The predicted octanol–water partition coefficient (Wildman–Crippen LogP) is 3.29. The molecule has 1 N–H and O–H groups in total. The molecule has 86 valence electrons. The van der Waals surface area contributed by atoms with Crippen LogP contribution in [0.15, 0.2) is 22.7 Å². The van der Waals surface area contributed by atoms with Crippen LogP contribution in [0, 0.1) is 12.8 Å². The molecule has 0 unspecified atom stereocenters. The zero-order chi connectivity index (χ0) is 11.5. The minimum atomic E-state index is 0.0412. The molecule has 1 amide bonds. The van der Waals surface area contributed by atoms with Gasteiger partial charge in [0.25, 0.3) is 5.91 Å². The van der Waals surface area contributed by atoms with Gasteiger partial charge in [-0.1, -0.05) is 34.8 Å². The van der Waals surface area contributed by atoms with Crippen molar-refractivity contribution >= 4 is 21.8 Å². The lowest BCUT2D eigenvalue weighted by Crippen LogP contribution is -2.25. The number of nitrogens with one attached hydrogen (secondary N) is 1. The molecule has 0 atom stereocenters. The zero-order valence-electron chi connectivity index (χ0n) is 9.42.